The topological polar surface area (TPSA) is 67.4 Å². The van der Waals surface area contributed by atoms with Gasteiger partial charge in [-0.25, -0.2) is 0 Å². The Bertz CT molecular complexity index is 642. The molecule has 1 amide bonds. The first-order valence-corrected chi connectivity index (χ1v) is 9.62. The first-order chi connectivity index (χ1) is 12.3. The largest absolute Gasteiger partial charge is 0.376 e. The zero-order chi connectivity index (χ0) is 18.7. The fraction of sp³-hybridized carbons (Fsp3) is 0.619. The molecule has 142 valence electrons. The van der Waals surface area contributed by atoms with Crippen molar-refractivity contribution in [2.75, 3.05) is 19.7 Å². The molecule has 0 radical (unpaired) electrons. The van der Waals surface area contributed by atoms with Crippen LogP contribution in [0, 0.1) is 5.92 Å². The number of benzene rings is 1. The van der Waals surface area contributed by atoms with Gasteiger partial charge in [-0.15, -0.1) is 0 Å². The van der Waals surface area contributed by atoms with Gasteiger partial charge in [-0.05, 0) is 30.2 Å². The number of hydrogen-bond donors (Lipinski definition) is 2. The van der Waals surface area contributed by atoms with Crippen LogP contribution in [0.2, 0.25) is 0 Å². The first kappa shape index (κ1) is 19.1. The van der Waals surface area contributed by atoms with Crippen LogP contribution in [-0.2, 0) is 14.9 Å². The summed E-state index contributed by atoms with van der Waals surface area (Å²) in [4.78, 5) is 25.1. The van der Waals surface area contributed by atoms with Crippen LogP contribution in [0.5, 0.6) is 0 Å². The van der Waals surface area contributed by atoms with E-state index in [1.54, 1.807) is 0 Å². The Morgan fingerprint density at radius 3 is 2.58 bits per heavy atom. The van der Waals surface area contributed by atoms with Crippen molar-refractivity contribution < 1.29 is 14.3 Å². The summed E-state index contributed by atoms with van der Waals surface area (Å²) in [6, 6.07) is 7.59. The minimum Gasteiger partial charge on any atom is -0.376 e. The lowest BCUT2D eigenvalue weighted by Gasteiger charge is -2.19. The van der Waals surface area contributed by atoms with Crippen LogP contribution >= 0.6 is 0 Å². The zero-order valence-corrected chi connectivity index (χ0v) is 16.0. The Kier molecular flexibility index (Phi) is 5.78. The van der Waals surface area contributed by atoms with Gasteiger partial charge in [0.05, 0.1) is 12.1 Å². The molecule has 2 fully saturated rings. The van der Waals surface area contributed by atoms with E-state index < -0.39 is 0 Å². The number of carbonyl (C=O) groups is 2. The van der Waals surface area contributed by atoms with Crippen LogP contribution in [0.4, 0.5) is 0 Å². The smallest absolute Gasteiger partial charge is 0.237 e. The van der Waals surface area contributed by atoms with E-state index in [1.807, 2.05) is 24.3 Å². The molecule has 0 spiro atoms. The number of rotatable bonds is 5. The highest BCUT2D eigenvalue weighted by atomic mass is 16.5. The summed E-state index contributed by atoms with van der Waals surface area (Å²) in [5.41, 5.74) is 2.01. The van der Waals surface area contributed by atoms with Crippen LogP contribution in [-0.4, -0.2) is 43.5 Å². The molecule has 2 heterocycles. The van der Waals surface area contributed by atoms with Gasteiger partial charge in [0.25, 0.3) is 0 Å². The third-order valence-electron chi connectivity index (χ3n) is 5.38. The van der Waals surface area contributed by atoms with Crippen LogP contribution < -0.4 is 10.6 Å². The minimum atomic E-state index is -0.292. The van der Waals surface area contributed by atoms with E-state index in [4.69, 9.17) is 4.74 Å². The fourth-order valence-corrected chi connectivity index (χ4v) is 3.65. The Balaban J connectivity index is 1.52. The molecule has 5 heteroatoms. The standard InChI is InChI=1S/C21H30N2O3/c1-21(2,3)16-8-6-14(7-9-16)19(24)15-11-18(22-12-15)20(25)23-13-17-5-4-10-26-17/h6-9,15,17-18,22H,4-5,10-13H2,1-3H3,(H,23,25). The number of ether oxygens (including phenoxy) is 1. The van der Waals surface area contributed by atoms with Crippen molar-refractivity contribution in [1.82, 2.24) is 10.6 Å². The zero-order valence-electron chi connectivity index (χ0n) is 16.0. The van der Waals surface area contributed by atoms with Gasteiger partial charge in [0, 0.05) is 31.2 Å². The van der Waals surface area contributed by atoms with Gasteiger partial charge < -0.3 is 15.4 Å². The highest BCUT2D eigenvalue weighted by molar-refractivity contribution is 5.99. The second-order valence-corrected chi connectivity index (χ2v) is 8.47. The normalized spacial score (nSPS) is 26.0. The van der Waals surface area contributed by atoms with Gasteiger partial charge in [-0.3, -0.25) is 9.59 Å². The van der Waals surface area contributed by atoms with Crippen molar-refractivity contribution >= 4 is 11.7 Å². The lowest BCUT2D eigenvalue weighted by atomic mass is 9.85. The van der Waals surface area contributed by atoms with E-state index in [2.05, 4.69) is 31.4 Å². The number of Topliss-reactive ketones (excluding diaryl/α,β-unsaturated/α-hetero) is 1. The average molecular weight is 358 g/mol. The van der Waals surface area contributed by atoms with Gasteiger partial charge in [-0.2, -0.15) is 0 Å². The number of amides is 1. The average Bonchev–Trinajstić information content (AvgIpc) is 3.30. The number of hydrogen-bond acceptors (Lipinski definition) is 4. The molecule has 0 saturated carbocycles. The van der Waals surface area contributed by atoms with Crippen LogP contribution in [0.15, 0.2) is 24.3 Å². The van der Waals surface area contributed by atoms with Crippen molar-refractivity contribution in [3.63, 3.8) is 0 Å². The molecular weight excluding hydrogens is 328 g/mol. The molecule has 2 N–H and O–H groups in total. The first-order valence-electron chi connectivity index (χ1n) is 9.62. The molecule has 0 bridgehead atoms. The van der Waals surface area contributed by atoms with E-state index >= 15 is 0 Å². The maximum absolute atomic E-state index is 12.8. The summed E-state index contributed by atoms with van der Waals surface area (Å²) in [6.07, 6.45) is 2.76. The third kappa shape index (κ3) is 4.51. The van der Waals surface area contributed by atoms with E-state index in [1.165, 1.54) is 5.56 Å². The highest BCUT2D eigenvalue weighted by Crippen LogP contribution is 2.24. The van der Waals surface area contributed by atoms with E-state index in [0.29, 0.717) is 19.5 Å². The number of ketones is 1. The van der Waals surface area contributed by atoms with E-state index in [9.17, 15) is 9.59 Å². The maximum atomic E-state index is 12.8. The van der Waals surface area contributed by atoms with Gasteiger partial charge in [-0.1, -0.05) is 45.0 Å². The maximum Gasteiger partial charge on any atom is 0.237 e. The Morgan fingerprint density at radius 2 is 1.96 bits per heavy atom. The van der Waals surface area contributed by atoms with Crippen molar-refractivity contribution in [3.8, 4) is 0 Å². The Hall–Kier alpha value is -1.72. The Labute approximate surface area is 155 Å². The molecule has 3 atom stereocenters. The van der Waals surface area contributed by atoms with Crippen LogP contribution in [0.1, 0.15) is 56.0 Å². The molecule has 0 aliphatic carbocycles. The number of nitrogens with one attached hydrogen (secondary N) is 2. The molecule has 0 aromatic heterocycles. The highest BCUT2D eigenvalue weighted by Gasteiger charge is 2.34. The van der Waals surface area contributed by atoms with Crippen LogP contribution in [0.3, 0.4) is 0 Å². The third-order valence-corrected chi connectivity index (χ3v) is 5.38. The van der Waals surface area contributed by atoms with Crippen molar-refractivity contribution in [2.45, 2.75) is 57.6 Å². The van der Waals surface area contributed by atoms with Gasteiger partial charge >= 0.3 is 0 Å². The molecule has 1 aromatic rings. The molecule has 1 aromatic carbocycles. The molecule has 2 aliphatic heterocycles. The van der Waals surface area contributed by atoms with Crippen molar-refractivity contribution in [3.05, 3.63) is 35.4 Å². The summed E-state index contributed by atoms with van der Waals surface area (Å²) in [7, 11) is 0. The quantitative estimate of drug-likeness (QED) is 0.794. The molecule has 2 saturated heterocycles. The fourth-order valence-electron chi connectivity index (χ4n) is 3.65. The predicted molar refractivity (Wildman–Crippen MR) is 101 cm³/mol. The SMILES string of the molecule is CC(C)(C)c1ccc(C(=O)C2CNC(C(=O)NCC3CCCO3)C2)cc1. The number of carbonyl (C=O) groups excluding carboxylic acids is 2. The second kappa shape index (κ2) is 7.89. The lowest BCUT2D eigenvalue weighted by Crippen LogP contribution is -2.43. The summed E-state index contributed by atoms with van der Waals surface area (Å²) in [6.45, 7) is 8.37. The van der Waals surface area contributed by atoms with Crippen molar-refractivity contribution in [1.29, 1.82) is 0 Å². The molecule has 5 nitrogen and oxygen atoms in total. The van der Waals surface area contributed by atoms with E-state index in [0.717, 1.165) is 25.0 Å². The second-order valence-electron chi connectivity index (χ2n) is 8.47. The molecule has 3 unspecified atom stereocenters. The summed E-state index contributed by atoms with van der Waals surface area (Å²) in [5.74, 6) is -0.0553. The van der Waals surface area contributed by atoms with Crippen LogP contribution in [0.25, 0.3) is 0 Å². The van der Waals surface area contributed by atoms with E-state index in [-0.39, 0.29) is 35.2 Å². The molecule has 26 heavy (non-hydrogen) atoms. The van der Waals surface area contributed by atoms with Crippen molar-refractivity contribution in [2.24, 2.45) is 5.92 Å². The minimum absolute atomic E-state index is 0.0288. The summed E-state index contributed by atoms with van der Waals surface area (Å²) >= 11 is 0. The predicted octanol–water partition coefficient (Wildman–Crippen LogP) is 2.44. The van der Waals surface area contributed by atoms with Gasteiger partial charge in [0.1, 0.15) is 0 Å². The molecule has 3 rings (SSSR count). The monoisotopic (exact) mass is 358 g/mol. The molecular formula is C21H30N2O3. The lowest BCUT2D eigenvalue weighted by molar-refractivity contribution is -0.123. The summed E-state index contributed by atoms with van der Waals surface area (Å²) in [5, 5.41) is 6.15. The Morgan fingerprint density at radius 1 is 1.23 bits per heavy atom. The van der Waals surface area contributed by atoms with Gasteiger partial charge in [0.15, 0.2) is 5.78 Å². The summed E-state index contributed by atoms with van der Waals surface area (Å²) < 4.78 is 5.53. The molecule has 2 aliphatic rings. The van der Waals surface area contributed by atoms with Gasteiger partial charge in [0.2, 0.25) is 5.91 Å².